The lowest BCUT2D eigenvalue weighted by Crippen LogP contribution is -2.38. The average molecular weight is 384 g/mol. The molecule has 11 heteroatoms. The van der Waals surface area contributed by atoms with Crippen LogP contribution in [-0.4, -0.2) is 48.8 Å². The van der Waals surface area contributed by atoms with Crippen molar-refractivity contribution in [3.05, 3.63) is 30.2 Å². The summed E-state index contributed by atoms with van der Waals surface area (Å²) in [4.78, 5) is 21.0. The molecule has 1 saturated heterocycles. The standard InChI is InChI=1S/C16H19F3N6O2/c1-15(2,3)27-14(26)24-7-16(18,19)5-11(24)12-22-8-25(23-12)13-10(17)4-9(20)6-21-13/h4,6,8,11H,5,7,20H2,1-3H3/t11-/m0/s1. The number of anilines is 1. The van der Waals surface area contributed by atoms with E-state index in [0.717, 1.165) is 22.0 Å². The normalized spacial score (nSPS) is 19.3. The molecule has 0 aliphatic carbocycles. The monoisotopic (exact) mass is 384 g/mol. The molecule has 27 heavy (non-hydrogen) atoms. The summed E-state index contributed by atoms with van der Waals surface area (Å²) in [5, 5.41) is 4.03. The number of carbonyl (C=O) groups is 1. The first kappa shape index (κ1) is 18.9. The molecule has 2 aromatic rings. The molecule has 0 unspecified atom stereocenters. The van der Waals surface area contributed by atoms with Gasteiger partial charge in [-0.1, -0.05) is 0 Å². The lowest BCUT2D eigenvalue weighted by Gasteiger charge is -2.27. The molecule has 1 atom stereocenters. The number of alkyl halides is 2. The number of halogens is 3. The highest BCUT2D eigenvalue weighted by Gasteiger charge is 2.50. The number of aromatic nitrogens is 4. The quantitative estimate of drug-likeness (QED) is 0.855. The summed E-state index contributed by atoms with van der Waals surface area (Å²) in [6.45, 7) is 4.10. The van der Waals surface area contributed by atoms with Crippen molar-refractivity contribution in [3.8, 4) is 5.82 Å². The topological polar surface area (TPSA) is 99.2 Å². The van der Waals surface area contributed by atoms with E-state index < -0.39 is 42.4 Å². The van der Waals surface area contributed by atoms with Gasteiger partial charge in [0.05, 0.1) is 18.4 Å². The first-order valence-corrected chi connectivity index (χ1v) is 8.16. The van der Waals surface area contributed by atoms with E-state index in [1.54, 1.807) is 20.8 Å². The molecule has 0 saturated carbocycles. The molecule has 0 aromatic carbocycles. The average Bonchev–Trinajstić information content (AvgIpc) is 3.09. The van der Waals surface area contributed by atoms with Crippen molar-refractivity contribution in [1.29, 1.82) is 0 Å². The van der Waals surface area contributed by atoms with Crippen LogP contribution in [0.1, 0.15) is 39.1 Å². The first-order chi connectivity index (χ1) is 12.5. The molecule has 1 aliphatic rings. The van der Waals surface area contributed by atoms with Gasteiger partial charge in [0, 0.05) is 12.5 Å². The van der Waals surface area contributed by atoms with E-state index >= 15 is 0 Å². The molecule has 1 amide bonds. The van der Waals surface area contributed by atoms with E-state index in [0.29, 0.717) is 0 Å². The maximum Gasteiger partial charge on any atom is 0.411 e. The van der Waals surface area contributed by atoms with E-state index in [1.807, 2.05) is 0 Å². The van der Waals surface area contributed by atoms with Crippen LogP contribution < -0.4 is 5.73 Å². The van der Waals surface area contributed by atoms with Crippen LogP contribution in [0.4, 0.5) is 23.7 Å². The third-order valence-corrected chi connectivity index (χ3v) is 3.77. The molecule has 1 fully saturated rings. The summed E-state index contributed by atoms with van der Waals surface area (Å²) in [7, 11) is 0. The molecule has 3 heterocycles. The van der Waals surface area contributed by atoms with Crippen LogP contribution in [0.3, 0.4) is 0 Å². The molecular weight excluding hydrogens is 365 g/mol. The van der Waals surface area contributed by atoms with Gasteiger partial charge >= 0.3 is 6.09 Å². The van der Waals surface area contributed by atoms with Gasteiger partial charge in [-0.2, -0.15) is 4.68 Å². The number of nitrogen functional groups attached to an aromatic ring is 1. The second-order valence-corrected chi connectivity index (χ2v) is 7.31. The predicted molar refractivity (Wildman–Crippen MR) is 88.8 cm³/mol. The number of rotatable bonds is 2. The third kappa shape index (κ3) is 4.12. The van der Waals surface area contributed by atoms with Crippen LogP contribution >= 0.6 is 0 Å². The summed E-state index contributed by atoms with van der Waals surface area (Å²) in [6, 6.07) is -0.0478. The first-order valence-electron chi connectivity index (χ1n) is 8.16. The van der Waals surface area contributed by atoms with Crippen molar-refractivity contribution in [2.75, 3.05) is 12.3 Å². The van der Waals surface area contributed by atoms with E-state index in [2.05, 4.69) is 15.1 Å². The number of likely N-dealkylation sites (tertiary alicyclic amines) is 1. The Kier molecular flexibility index (Phi) is 4.48. The number of amides is 1. The zero-order chi connectivity index (χ0) is 20.0. The Bertz CT molecular complexity index is 864. The molecule has 1 aliphatic heterocycles. The minimum Gasteiger partial charge on any atom is -0.444 e. The van der Waals surface area contributed by atoms with Crippen molar-refractivity contribution >= 4 is 11.8 Å². The second kappa shape index (κ2) is 6.39. The largest absolute Gasteiger partial charge is 0.444 e. The summed E-state index contributed by atoms with van der Waals surface area (Å²) in [6.07, 6.45) is 0.822. The number of hydrogen-bond acceptors (Lipinski definition) is 6. The predicted octanol–water partition coefficient (Wildman–Crippen LogP) is 2.70. The van der Waals surface area contributed by atoms with Crippen molar-refractivity contribution in [1.82, 2.24) is 24.6 Å². The highest BCUT2D eigenvalue weighted by Crippen LogP contribution is 2.40. The molecule has 3 rings (SSSR count). The minimum atomic E-state index is -3.11. The maximum absolute atomic E-state index is 14.0. The maximum atomic E-state index is 14.0. The van der Waals surface area contributed by atoms with E-state index in [1.165, 1.54) is 6.20 Å². The Balaban J connectivity index is 1.89. The molecule has 0 radical (unpaired) electrons. The Morgan fingerprint density at radius 1 is 1.37 bits per heavy atom. The number of nitrogens with two attached hydrogens (primary N) is 1. The number of hydrogen-bond donors (Lipinski definition) is 1. The fourth-order valence-electron chi connectivity index (χ4n) is 2.70. The lowest BCUT2D eigenvalue weighted by atomic mass is 10.2. The van der Waals surface area contributed by atoms with Crippen LogP contribution in [0.5, 0.6) is 0 Å². The van der Waals surface area contributed by atoms with Gasteiger partial charge in [-0.05, 0) is 20.8 Å². The van der Waals surface area contributed by atoms with Crippen LogP contribution in [0.2, 0.25) is 0 Å². The minimum absolute atomic E-state index is 0.0592. The number of carbonyl (C=O) groups excluding carboxylic acids is 1. The molecule has 0 spiro atoms. The smallest absolute Gasteiger partial charge is 0.411 e. The van der Waals surface area contributed by atoms with Crippen LogP contribution in [0.15, 0.2) is 18.6 Å². The fourth-order valence-corrected chi connectivity index (χ4v) is 2.70. The SMILES string of the molecule is CC(C)(C)OC(=O)N1CC(F)(F)C[C@H]1c1ncn(-c2ncc(N)cc2F)n1. The Morgan fingerprint density at radius 3 is 2.70 bits per heavy atom. The molecule has 2 N–H and O–H groups in total. The van der Waals surface area contributed by atoms with Crippen LogP contribution in [0.25, 0.3) is 5.82 Å². The van der Waals surface area contributed by atoms with Crippen molar-refractivity contribution in [3.63, 3.8) is 0 Å². The van der Waals surface area contributed by atoms with Crippen LogP contribution in [0, 0.1) is 5.82 Å². The van der Waals surface area contributed by atoms with E-state index in [9.17, 15) is 18.0 Å². The van der Waals surface area contributed by atoms with Gasteiger partial charge in [-0.3, -0.25) is 4.90 Å². The summed E-state index contributed by atoms with van der Waals surface area (Å²) < 4.78 is 48.1. The highest BCUT2D eigenvalue weighted by molar-refractivity contribution is 5.69. The molecule has 146 valence electrons. The molecule has 2 aromatic heterocycles. The summed E-state index contributed by atoms with van der Waals surface area (Å²) in [5.41, 5.74) is 4.74. The Morgan fingerprint density at radius 2 is 2.07 bits per heavy atom. The van der Waals surface area contributed by atoms with Crippen molar-refractivity contribution in [2.45, 2.75) is 44.8 Å². The number of nitrogens with zero attached hydrogens (tertiary/aromatic N) is 5. The second-order valence-electron chi connectivity index (χ2n) is 7.31. The van der Waals surface area contributed by atoms with Crippen molar-refractivity contribution in [2.24, 2.45) is 0 Å². The molecule has 8 nitrogen and oxygen atoms in total. The Labute approximate surface area is 153 Å². The molecule has 0 bridgehead atoms. The van der Waals surface area contributed by atoms with Gasteiger partial charge in [-0.25, -0.2) is 27.9 Å². The number of pyridine rings is 1. The van der Waals surface area contributed by atoms with Gasteiger partial charge in [-0.15, -0.1) is 5.10 Å². The van der Waals surface area contributed by atoms with E-state index in [4.69, 9.17) is 10.5 Å². The third-order valence-electron chi connectivity index (χ3n) is 3.77. The Hall–Kier alpha value is -2.85. The summed E-state index contributed by atoms with van der Waals surface area (Å²) >= 11 is 0. The molecular formula is C16H19F3N6O2. The zero-order valence-corrected chi connectivity index (χ0v) is 15.0. The number of ether oxygens (including phenoxy) is 1. The van der Waals surface area contributed by atoms with E-state index in [-0.39, 0.29) is 17.3 Å². The highest BCUT2D eigenvalue weighted by atomic mass is 19.3. The zero-order valence-electron chi connectivity index (χ0n) is 15.0. The van der Waals surface area contributed by atoms with Gasteiger partial charge < -0.3 is 10.5 Å². The van der Waals surface area contributed by atoms with Gasteiger partial charge in [0.1, 0.15) is 18.0 Å². The van der Waals surface area contributed by atoms with Crippen molar-refractivity contribution < 1.29 is 22.7 Å². The van der Waals surface area contributed by atoms with Gasteiger partial charge in [0.15, 0.2) is 17.5 Å². The fraction of sp³-hybridized carbons (Fsp3) is 0.500. The van der Waals surface area contributed by atoms with Gasteiger partial charge in [0.2, 0.25) is 0 Å². The summed E-state index contributed by atoms with van der Waals surface area (Å²) in [5.74, 6) is -4.10. The van der Waals surface area contributed by atoms with Gasteiger partial charge in [0.25, 0.3) is 5.92 Å². The van der Waals surface area contributed by atoms with Crippen LogP contribution in [-0.2, 0) is 4.74 Å². The lowest BCUT2D eigenvalue weighted by molar-refractivity contribution is -0.00248.